The van der Waals surface area contributed by atoms with Gasteiger partial charge in [-0.15, -0.1) is 0 Å². The van der Waals surface area contributed by atoms with Crippen molar-refractivity contribution in [3.63, 3.8) is 0 Å². The lowest BCUT2D eigenvalue weighted by molar-refractivity contribution is 0.255. The van der Waals surface area contributed by atoms with Gasteiger partial charge in [0.2, 0.25) is 0 Å². The zero-order valence-corrected chi connectivity index (χ0v) is 14.6. The van der Waals surface area contributed by atoms with Crippen molar-refractivity contribution in [2.45, 2.75) is 26.3 Å². The highest BCUT2D eigenvalue weighted by molar-refractivity contribution is 6.30. The Hall–Kier alpha value is -1.97. The third-order valence-electron chi connectivity index (χ3n) is 4.67. The average molecular weight is 338 g/mol. The van der Waals surface area contributed by atoms with Crippen molar-refractivity contribution in [3.8, 4) is 0 Å². The summed E-state index contributed by atoms with van der Waals surface area (Å²) in [4.78, 5) is 11.8. The van der Waals surface area contributed by atoms with Gasteiger partial charge >= 0.3 is 0 Å². The topological polar surface area (TPSA) is 29.0 Å². The van der Waals surface area contributed by atoms with E-state index < -0.39 is 0 Å². The van der Waals surface area contributed by atoms with Crippen molar-refractivity contribution in [2.24, 2.45) is 0 Å². The van der Waals surface area contributed by atoms with Crippen molar-refractivity contribution >= 4 is 22.6 Å². The second-order valence-electron chi connectivity index (χ2n) is 6.50. The fraction of sp³-hybridized carbons (Fsp3) is 0.300. The molecule has 24 heavy (non-hydrogen) atoms. The monoisotopic (exact) mass is 337 g/mol. The molecule has 0 atom stereocenters. The van der Waals surface area contributed by atoms with Gasteiger partial charge in [-0.1, -0.05) is 23.7 Å². The van der Waals surface area contributed by atoms with E-state index in [1.165, 1.54) is 16.8 Å². The average Bonchev–Trinajstić information content (AvgIpc) is 2.59. The molecule has 0 unspecified atom stereocenters. The molecule has 1 aliphatic rings. The molecule has 0 saturated heterocycles. The second-order valence-corrected chi connectivity index (χ2v) is 6.93. The predicted octanol–water partition coefficient (Wildman–Crippen LogP) is 4.19. The molecule has 1 aliphatic heterocycles. The van der Waals surface area contributed by atoms with Gasteiger partial charge in [0.25, 0.3) is 0 Å². The summed E-state index contributed by atoms with van der Waals surface area (Å²) in [5, 5.41) is 1.94. The lowest BCUT2D eigenvalue weighted by Gasteiger charge is -2.28. The van der Waals surface area contributed by atoms with E-state index in [0.29, 0.717) is 0 Å². The van der Waals surface area contributed by atoms with E-state index in [-0.39, 0.29) is 0 Å². The number of rotatable bonds is 3. The van der Waals surface area contributed by atoms with E-state index in [1.54, 1.807) is 0 Å². The Morgan fingerprint density at radius 1 is 1.08 bits per heavy atom. The van der Waals surface area contributed by atoms with Crippen molar-refractivity contribution < 1.29 is 0 Å². The van der Waals surface area contributed by atoms with Crippen LogP contribution >= 0.6 is 11.6 Å². The maximum atomic E-state index is 5.95. The van der Waals surface area contributed by atoms with Crippen LogP contribution in [-0.4, -0.2) is 28.0 Å². The minimum Gasteiger partial charge on any atom is -0.298 e. The first-order chi connectivity index (χ1) is 11.7. The minimum atomic E-state index is 0.799. The SMILES string of the molecule is Cc1ccc2cc3c(nc2n1)CCN(CCc1ccc(Cl)cc1)C3. The van der Waals surface area contributed by atoms with Gasteiger partial charge in [0.05, 0.1) is 0 Å². The van der Waals surface area contributed by atoms with Crippen LogP contribution in [0.4, 0.5) is 0 Å². The molecule has 3 heterocycles. The smallest absolute Gasteiger partial charge is 0.159 e. The maximum absolute atomic E-state index is 5.95. The summed E-state index contributed by atoms with van der Waals surface area (Å²) in [5.41, 5.74) is 5.79. The molecule has 0 N–H and O–H groups in total. The number of pyridine rings is 2. The van der Waals surface area contributed by atoms with Gasteiger partial charge in [-0.25, -0.2) is 9.97 Å². The fourth-order valence-corrected chi connectivity index (χ4v) is 3.42. The predicted molar refractivity (Wildman–Crippen MR) is 98.4 cm³/mol. The highest BCUT2D eigenvalue weighted by Gasteiger charge is 2.18. The first-order valence-corrected chi connectivity index (χ1v) is 8.78. The highest BCUT2D eigenvalue weighted by Crippen LogP contribution is 2.22. The lowest BCUT2D eigenvalue weighted by atomic mass is 10.0. The highest BCUT2D eigenvalue weighted by atomic mass is 35.5. The number of hydrogen-bond donors (Lipinski definition) is 0. The summed E-state index contributed by atoms with van der Waals surface area (Å²) < 4.78 is 0. The quantitative estimate of drug-likeness (QED) is 0.717. The van der Waals surface area contributed by atoms with Crippen LogP contribution in [0, 0.1) is 6.92 Å². The summed E-state index contributed by atoms with van der Waals surface area (Å²) in [6, 6.07) is 14.6. The summed E-state index contributed by atoms with van der Waals surface area (Å²) in [6.07, 6.45) is 2.05. The van der Waals surface area contributed by atoms with E-state index >= 15 is 0 Å². The molecule has 122 valence electrons. The Balaban J connectivity index is 1.48. The van der Waals surface area contributed by atoms with Crippen molar-refractivity contribution in [3.05, 3.63) is 70.0 Å². The number of aromatic nitrogens is 2. The summed E-state index contributed by atoms with van der Waals surface area (Å²) >= 11 is 5.95. The fourth-order valence-electron chi connectivity index (χ4n) is 3.29. The molecule has 0 amide bonds. The molecule has 0 bridgehead atoms. The van der Waals surface area contributed by atoms with Crippen LogP contribution in [0.2, 0.25) is 5.02 Å². The molecule has 1 aromatic carbocycles. The van der Waals surface area contributed by atoms with E-state index in [2.05, 4.69) is 40.2 Å². The first kappa shape index (κ1) is 15.6. The molecule has 0 radical (unpaired) electrons. The van der Waals surface area contributed by atoms with Crippen LogP contribution in [0.15, 0.2) is 42.5 Å². The number of hydrogen-bond acceptors (Lipinski definition) is 3. The zero-order valence-electron chi connectivity index (χ0n) is 13.8. The van der Waals surface area contributed by atoms with Gasteiger partial charge in [0.1, 0.15) is 0 Å². The first-order valence-electron chi connectivity index (χ1n) is 8.40. The molecule has 0 fully saturated rings. The van der Waals surface area contributed by atoms with Crippen molar-refractivity contribution in [2.75, 3.05) is 13.1 Å². The Morgan fingerprint density at radius 2 is 1.92 bits per heavy atom. The molecule has 3 nitrogen and oxygen atoms in total. The van der Waals surface area contributed by atoms with E-state index in [4.69, 9.17) is 16.6 Å². The van der Waals surface area contributed by atoms with Crippen LogP contribution in [0.1, 0.15) is 22.5 Å². The molecule has 4 heteroatoms. The van der Waals surface area contributed by atoms with Gasteiger partial charge in [-0.05, 0) is 54.8 Å². The number of nitrogens with zero attached hydrogens (tertiary/aromatic N) is 3. The minimum absolute atomic E-state index is 0.799. The van der Waals surface area contributed by atoms with E-state index in [1.807, 2.05) is 19.1 Å². The maximum Gasteiger partial charge on any atom is 0.159 e. The molecule has 3 aromatic rings. The molecule has 0 saturated carbocycles. The largest absolute Gasteiger partial charge is 0.298 e. The van der Waals surface area contributed by atoms with Crippen LogP contribution < -0.4 is 0 Å². The van der Waals surface area contributed by atoms with Crippen molar-refractivity contribution in [1.29, 1.82) is 0 Å². The normalized spacial score (nSPS) is 14.8. The Morgan fingerprint density at radius 3 is 2.75 bits per heavy atom. The third-order valence-corrected chi connectivity index (χ3v) is 4.93. The molecular formula is C20H20ClN3. The summed E-state index contributed by atoms with van der Waals surface area (Å²) in [6.45, 7) is 5.11. The van der Waals surface area contributed by atoms with Gasteiger partial charge in [0, 0.05) is 47.9 Å². The Labute approximate surface area is 147 Å². The molecule has 2 aromatic heterocycles. The third kappa shape index (κ3) is 3.28. The number of fused-ring (bicyclic) bond motifs is 2. The Bertz CT molecular complexity index is 874. The molecule has 0 spiro atoms. The number of aryl methyl sites for hydroxylation is 1. The standard InChI is InChI=1S/C20H20ClN3/c1-14-2-5-16-12-17-13-24(11-9-19(17)23-20(16)22-14)10-8-15-3-6-18(21)7-4-15/h2-7,12H,8-11,13H2,1H3. The zero-order chi connectivity index (χ0) is 16.5. The van der Waals surface area contributed by atoms with Crippen LogP contribution in [0.5, 0.6) is 0 Å². The van der Waals surface area contributed by atoms with E-state index in [9.17, 15) is 0 Å². The van der Waals surface area contributed by atoms with Gasteiger partial charge < -0.3 is 0 Å². The van der Waals surface area contributed by atoms with Gasteiger partial charge in [-0.3, -0.25) is 4.90 Å². The summed E-state index contributed by atoms with van der Waals surface area (Å²) in [7, 11) is 0. The van der Waals surface area contributed by atoms with E-state index in [0.717, 1.165) is 54.2 Å². The molecule has 4 rings (SSSR count). The van der Waals surface area contributed by atoms with Crippen LogP contribution in [0.25, 0.3) is 11.0 Å². The van der Waals surface area contributed by atoms with Crippen LogP contribution in [-0.2, 0) is 19.4 Å². The summed E-state index contributed by atoms with van der Waals surface area (Å²) in [5.74, 6) is 0. The number of benzene rings is 1. The van der Waals surface area contributed by atoms with Crippen LogP contribution in [0.3, 0.4) is 0 Å². The molecule has 0 aliphatic carbocycles. The number of halogens is 1. The Kier molecular flexibility index (Phi) is 4.21. The van der Waals surface area contributed by atoms with Gasteiger partial charge in [-0.2, -0.15) is 0 Å². The van der Waals surface area contributed by atoms with Crippen molar-refractivity contribution in [1.82, 2.24) is 14.9 Å². The molecular weight excluding hydrogens is 318 g/mol. The lowest BCUT2D eigenvalue weighted by Crippen LogP contribution is -2.32. The second kappa shape index (κ2) is 6.50. The van der Waals surface area contributed by atoms with Gasteiger partial charge in [0.15, 0.2) is 5.65 Å².